The molecule has 0 saturated carbocycles. The predicted molar refractivity (Wildman–Crippen MR) is 79.3 cm³/mol. The molecular weight excluding hydrogens is 342 g/mol. The highest BCUT2D eigenvalue weighted by atomic mass is 79.9. The number of rotatable bonds is 5. The molecule has 0 fully saturated rings. The van der Waals surface area contributed by atoms with Gasteiger partial charge in [-0.05, 0) is 23.8 Å². The number of anilines is 1. The first-order chi connectivity index (χ1) is 9.97. The summed E-state index contributed by atoms with van der Waals surface area (Å²) < 4.78 is 0.618. The Balaban J connectivity index is 2.13. The van der Waals surface area contributed by atoms with E-state index < -0.39 is 10.9 Å². The number of nitro benzene ring substituents is 1. The summed E-state index contributed by atoms with van der Waals surface area (Å²) in [6.07, 6.45) is 1.42. The topological polar surface area (TPSA) is 105 Å². The maximum absolute atomic E-state index is 11.0. The van der Waals surface area contributed by atoms with E-state index in [0.717, 1.165) is 5.56 Å². The lowest BCUT2D eigenvalue weighted by Crippen LogP contribution is -2.05. The Hall–Kier alpha value is -2.48. The second-order valence-electron chi connectivity index (χ2n) is 4.13. The number of pyridine rings is 1. The predicted octanol–water partition coefficient (Wildman–Crippen LogP) is 3.06. The third-order valence-electron chi connectivity index (χ3n) is 2.68. The fraction of sp³-hybridized carbons (Fsp3) is 0.0769. The van der Waals surface area contributed by atoms with Crippen LogP contribution in [0.25, 0.3) is 0 Å². The molecule has 0 aliphatic heterocycles. The molecule has 0 unspecified atom stereocenters. The van der Waals surface area contributed by atoms with Crippen molar-refractivity contribution in [2.24, 2.45) is 0 Å². The number of hydrogen-bond donors (Lipinski definition) is 2. The lowest BCUT2D eigenvalue weighted by atomic mass is 10.2. The monoisotopic (exact) mass is 351 g/mol. The van der Waals surface area contributed by atoms with Gasteiger partial charge in [0.2, 0.25) is 0 Å². The van der Waals surface area contributed by atoms with E-state index in [2.05, 4.69) is 26.2 Å². The fourth-order valence-corrected chi connectivity index (χ4v) is 2.01. The number of carboxylic acid groups (broad SMARTS) is 1. The van der Waals surface area contributed by atoms with Gasteiger partial charge in [0.25, 0.3) is 5.69 Å². The van der Waals surface area contributed by atoms with Gasteiger partial charge in [-0.15, -0.1) is 0 Å². The largest absolute Gasteiger partial charge is 0.477 e. The first-order valence-corrected chi connectivity index (χ1v) is 6.62. The van der Waals surface area contributed by atoms with E-state index in [9.17, 15) is 14.9 Å². The number of nitro groups is 1. The Morgan fingerprint density at radius 2 is 2.14 bits per heavy atom. The zero-order valence-electron chi connectivity index (χ0n) is 10.6. The number of aromatic nitrogens is 1. The lowest BCUT2D eigenvalue weighted by molar-refractivity contribution is -0.384. The Kier molecular flexibility index (Phi) is 4.49. The Labute approximate surface area is 127 Å². The maximum atomic E-state index is 11.0. The summed E-state index contributed by atoms with van der Waals surface area (Å²) in [6, 6.07) is 7.69. The Bertz CT molecular complexity index is 688. The zero-order valence-corrected chi connectivity index (χ0v) is 12.2. The molecule has 2 N–H and O–H groups in total. The van der Waals surface area contributed by atoms with Crippen molar-refractivity contribution in [1.29, 1.82) is 0 Å². The maximum Gasteiger partial charge on any atom is 0.354 e. The molecule has 0 bridgehead atoms. The SMILES string of the molecule is O=C(O)c1ccc(CNc2ccc(Br)cc2[N+](=O)[O-])cn1. The molecule has 0 amide bonds. The summed E-state index contributed by atoms with van der Waals surface area (Å²) in [7, 11) is 0. The molecule has 0 aliphatic carbocycles. The van der Waals surface area contributed by atoms with Crippen molar-refractivity contribution in [2.45, 2.75) is 6.54 Å². The number of nitrogens with one attached hydrogen (secondary N) is 1. The smallest absolute Gasteiger partial charge is 0.354 e. The summed E-state index contributed by atoms with van der Waals surface area (Å²) in [5, 5.41) is 22.7. The average Bonchev–Trinajstić information content (AvgIpc) is 2.46. The van der Waals surface area contributed by atoms with Crippen molar-refractivity contribution in [3.8, 4) is 0 Å². The minimum absolute atomic E-state index is 0.0421. The number of halogens is 1. The molecule has 1 heterocycles. The van der Waals surface area contributed by atoms with Crippen LogP contribution in [0.15, 0.2) is 41.0 Å². The van der Waals surface area contributed by atoms with E-state index in [1.54, 1.807) is 18.2 Å². The van der Waals surface area contributed by atoms with Crippen LogP contribution in [0, 0.1) is 10.1 Å². The normalized spacial score (nSPS) is 10.1. The van der Waals surface area contributed by atoms with Gasteiger partial charge in [-0.1, -0.05) is 22.0 Å². The summed E-state index contributed by atoms with van der Waals surface area (Å²) in [4.78, 5) is 25.0. The van der Waals surface area contributed by atoms with Gasteiger partial charge in [-0.25, -0.2) is 9.78 Å². The number of hydrogen-bond acceptors (Lipinski definition) is 5. The molecule has 0 saturated heterocycles. The quantitative estimate of drug-likeness (QED) is 0.633. The zero-order chi connectivity index (χ0) is 15.4. The highest BCUT2D eigenvalue weighted by Crippen LogP contribution is 2.28. The molecule has 0 spiro atoms. The Morgan fingerprint density at radius 3 is 2.71 bits per heavy atom. The second kappa shape index (κ2) is 6.31. The summed E-state index contributed by atoms with van der Waals surface area (Å²) >= 11 is 3.18. The minimum atomic E-state index is -1.10. The van der Waals surface area contributed by atoms with Gasteiger partial charge < -0.3 is 10.4 Å². The van der Waals surface area contributed by atoms with Crippen molar-refractivity contribution < 1.29 is 14.8 Å². The van der Waals surface area contributed by atoms with Gasteiger partial charge in [0.05, 0.1) is 4.92 Å². The molecule has 108 valence electrons. The highest BCUT2D eigenvalue weighted by molar-refractivity contribution is 9.10. The van der Waals surface area contributed by atoms with Gasteiger partial charge in [0.15, 0.2) is 0 Å². The summed E-state index contributed by atoms with van der Waals surface area (Å²) in [6.45, 7) is 0.301. The Morgan fingerprint density at radius 1 is 1.38 bits per heavy atom. The first-order valence-electron chi connectivity index (χ1n) is 5.83. The number of aromatic carboxylic acids is 1. The van der Waals surface area contributed by atoms with Crippen LogP contribution in [-0.2, 0) is 6.54 Å². The second-order valence-corrected chi connectivity index (χ2v) is 5.04. The van der Waals surface area contributed by atoms with Crippen molar-refractivity contribution in [3.05, 3.63) is 62.4 Å². The number of carbonyl (C=O) groups is 1. The van der Waals surface area contributed by atoms with E-state index >= 15 is 0 Å². The van der Waals surface area contributed by atoms with Gasteiger partial charge in [-0.2, -0.15) is 0 Å². The number of nitrogens with zero attached hydrogens (tertiary/aromatic N) is 2. The highest BCUT2D eigenvalue weighted by Gasteiger charge is 2.13. The summed E-state index contributed by atoms with van der Waals surface area (Å²) in [5.41, 5.74) is 1.01. The third-order valence-corrected chi connectivity index (χ3v) is 3.18. The first kappa shape index (κ1) is 14.9. The van der Waals surface area contributed by atoms with Crippen LogP contribution in [0.2, 0.25) is 0 Å². The molecule has 21 heavy (non-hydrogen) atoms. The van der Waals surface area contributed by atoms with E-state index in [1.165, 1.54) is 18.3 Å². The van der Waals surface area contributed by atoms with Crippen molar-refractivity contribution in [2.75, 3.05) is 5.32 Å². The van der Waals surface area contributed by atoms with Crippen LogP contribution in [0.3, 0.4) is 0 Å². The molecular formula is C13H10BrN3O4. The molecule has 0 atom stereocenters. The molecule has 2 aromatic rings. The molecule has 7 nitrogen and oxygen atoms in total. The molecule has 1 aromatic carbocycles. The van der Waals surface area contributed by atoms with Crippen molar-refractivity contribution in [1.82, 2.24) is 4.98 Å². The molecule has 0 aliphatic rings. The number of carboxylic acids is 1. The van der Waals surface area contributed by atoms with E-state index in [1.807, 2.05) is 0 Å². The minimum Gasteiger partial charge on any atom is -0.477 e. The van der Waals surface area contributed by atoms with Crippen LogP contribution in [-0.4, -0.2) is 21.0 Å². The standard InChI is InChI=1S/C13H10BrN3O4/c14-9-2-4-10(12(5-9)17(20)21)15-6-8-1-3-11(13(18)19)16-7-8/h1-5,7,15H,6H2,(H,18,19). The van der Waals surface area contributed by atoms with Gasteiger partial charge in [-0.3, -0.25) is 10.1 Å². The summed E-state index contributed by atoms with van der Waals surface area (Å²) in [5.74, 6) is -1.10. The van der Waals surface area contributed by atoms with Gasteiger partial charge in [0, 0.05) is 23.3 Å². The molecule has 2 rings (SSSR count). The van der Waals surface area contributed by atoms with E-state index in [0.29, 0.717) is 16.7 Å². The molecule has 1 aromatic heterocycles. The van der Waals surface area contributed by atoms with Crippen LogP contribution >= 0.6 is 15.9 Å². The third kappa shape index (κ3) is 3.76. The van der Waals surface area contributed by atoms with Crippen molar-refractivity contribution >= 4 is 33.3 Å². The number of benzene rings is 1. The van der Waals surface area contributed by atoms with Gasteiger partial charge in [0.1, 0.15) is 11.4 Å². The van der Waals surface area contributed by atoms with Gasteiger partial charge >= 0.3 is 5.97 Å². The molecule has 0 radical (unpaired) electrons. The van der Waals surface area contributed by atoms with Crippen LogP contribution in [0.4, 0.5) is 11.4 Å². The van der Waals surface area contributed by atoms with Crippen molar-refractivity contribution in [3.63, 3.8) is 0 Å². The lowest BCUT2D eigenvalue weighted by Gasteiger charge is -2.07. The van der Waals surface area contributed by atoms with Crippen LogP contribution in [0.1, 0.15) is 16.1 Å². The van der Waals surface area contributed by atoms with Crippen LogP contribution < -0.4 is 5.32 Å². The fourth-order valence-electron chi connectivity index (χ4n) is 1.66. The van der Waals surface area contributed by atoms with Crippen LogP contribution in [0.5, 0.6) is 0 Å². The molecule has 8 heteroatoms. The average molecular weight is 352 g/mol. The van der Waals surface area contributed by atoms with E-state index in [4.69, 9.17) is 5.11 Å². The van der Waals surface area contributed by atoms with E-state index in [-0.39, 0.29) is 11.4 Å².